The molecule has 0 spiro atoms. The second-order valence-corrected chi connectivity index (χ2v) is 11.1. The molecule has 1 saturated carbocycles. The van der Waals surface area contributed by atoms with E-state index in [1.807, 2.05) is 25.1 Å². The highest BCUT2D eigenvalue weighted by Gasteiger charge is 2.39. The first-order valence-electron chi connectivity index (χ1n) is 11.5. The molecular weight excluding hydrogens is 440 g/mol. The zero-order valence-electron chi connectivity index (χ0n) is 19.3. The monoisotopic (exact) mass is 470 g/mol. The van der Waals surface area contributed by atoms with Gasteiger partial charge >= 0.3 is 0 Å². The van der Waals surface area contributed by atoms with Gasteiger partial charge in [0.25, 0.3) is 0 Å². The van der Waals surface area contributed by atoms with Crippen molar-refractivity contribution in [2.75, 3.05) is 37.1 Å². The predicted octanol–water partition coefficient (Wildman–Crippen LogP) is 2.88. The summed E-state index contributed by atoms with van der Waals surface area (Å²) < 4.78 is 33.1. The summed E-state index contributed by atoms with van der Waals surface area (Å²) in [5.74, 6) is 0.803. The summed E-state index contributed by atoms with van der Waals surface area (Å²) in [4.78, 5) is 22.0. The van der Waals surface area contributed by atoms with Gasteiger partial charge in [0.2, 0.25) is 15.9 Å². The van der Waals surface area contributed by atoms with E-state index in [1.54, 1.807) is 37.2 Å². The van der Waals surface area contributed by atoms with Crippen molar-refractivity contribution in [2.24, 2.45) is 0 Å². The summed E-state index contributed by atoms with van der Waals surface area (Å²) in [6.07, 6.45) is 3.50. The average Bonchev–Trinajstić information content (AvgIpc) is 3.68. The predicted molar refractivity (Wildman–Crippen MR) is 127 cm³/mol. The molecule has 33 heavy (non-hydrogen) atoms. The number of sulfonamides is 1. The number of amides is 1. The van der Waals surface area contributed by atoms with Crippen molar-refractivity contribution in [3.05, 3.63) is 36.4 Å². The molecule has 3 aliphatic rings. The number of hydrogen-bond acceptors (Lipinski definition) is 6. The molecule has 0 bridgehead atoms. The number of rotatable bonds is 5. The Labute approximate surface area is 195 Å². The molecule has 2 aliphatic heterocycles. The molecule has 2 fully saturated rings. The maximum Gasteiger partial charge on any atom is 0.249 e. The van der Waals surface area contributed by atoms with Crippen LogP contribution in [0.3, 0.4) is 0 Å². The van der Waals surface area contributed by atoms with Crippen LogP contribution in [0.2, 0.25) is 0 Å². The second kappa shape index (κ2) is 8.38. The minimum Gasteiger partial charge on any atom is -0.381 e. The van der Waals surface area contributed by atoms with Crippen LogP contribution >= 0.6 is 0 Å². The second-order valence-electron chi connectivity index (χ2n) is 9.14. The molecule has 5 rings (SSSR count). The summed E-state index contributed by atoms with van der Waals surface area (Å²) >= 11 is 0. The number of anilines is 2. The number of ether oxygens (including phenoxy) is 1. The van der Waals surface area contributed by atoms with Crippen molar-refractivity contribution in [3.8, 4) is 11.3 Å². The van der Waals surface area contributed by atoms with Gasteiger partial charge in [-0.05, 0) is 56.9 Å². The molecular formula is C24H30N4O4S. The normalized spacial score (nSPS) is 22.1. The molecule has 9 heteroatoms. The molecule has 176 valence electrons. The van der Waals surface area contributed by atoms with E-state index in [1.165, 1.54) is 4.31 Å². The summed E-state index contributed by atoms with van der Waals surface area (Å²) in [5.41, 5.74) is 2.19. The van der Waals surface area contributed by atoms with Gasteiger partial charge in [-0.1, -0.05) is 12.1 Å². The van der Waals surface area contributed by atoms with Gasteiger partial charge in [-0.25, -0.2) is 13.4 Å². The van der Waals surface area contributed by atoms with Gasteiger partial charge in [-0.15, -0.1) is 0 Å². The van der Waals surface area contributed by atoms with E-state index in [4.69, 9.17) is 9.72 Å². The van der Waals surface area contributed by atoms with Crippen molar-refractivity contribution in [3.63, 3.8) is 0 Å². The first kappa shape index (κ1) is 22.3. The minimum atomic E-state index is -3.55. The maximum atomic E-state index is 13.1. The van der Waals surface area contributed by atoms with Gasteiger partial charge in [0.05, 0.1) is 16.3 Å². The lowest BCUT2D eigenvalue weighted by Gasteiger charge is -2.44. The number of hydrogen-bond donors (Lipinski definition) is 0. The Bertz CT molecular complexity index is 1170. The van der Waals surface area contributed by atoms with Crippen LogP contribution in [-0.2, 0) is 19.6 Å². The van der Waals surface area contributed by atoms with E-state index in [2.05, 4.69) is 4.90 Å². The van der Waals surface area contributed by atoms with Gasteiger partial charge in [-0.3, -0.25) is 4.79 Å². The number of pyridine rings is 1. The molecule has 2 aromatic rings. The quantitative estimate of drug-likeness (QED) is 0.668. The molecule has 1 atom stereocenters. The topological polar surface area (TPSA) is 83.1 Å². The number of aromatic nitrogens is 1. The fourth-order valence-corrected chi connectivity index (χ4v) is 6.29. The third-order valence-corrected chi connectivity index (χ3v) is 8.92. The van der Waals surface area contributed by atoms with Crippen LogP contribution in [0.5, 0.6) is 0 Å². The van der Waals surface area contributed by atoms with Crippen molar-refractivity contribution in [2.45, 2.75) is 55.6 Å². The van der Waals surface area contributed by atoms with Crippen LogP contribution in [-0.4, -0.2) is 69.0 Å². The summed E-state index contributed by atoms with van der Waals surface area (Å²) in [7, 11) is -0.119. The fraction of sp³-hybridized carbons (Fsp3) is 0.500. The summed E-state index contributed by atoms with van der Waals surface area (Å²) in [6.45, 7) is 3.26. The zero-order chi connectivity index (χ0) is 23.3. The number of carbonyl (C=O) groups is 1. The van der Waals surface area contributed by atoms with E-state index in [0.29, 0.717) is 18.9 Å². The maximum absolute atomic E-state index is 13.1. The minimum absolute atomic E-state index is 0.0414. The molecule has 1 aromatic heterocycles. The number of benzene rings is 1. The first-order valence-corrected chi connectivity index (χ1v) is 13.0. The molecule has 0 N–H and O–H groups in total. The summed E-state index contributed by atoms with van der Waals surface area (Å²) in [6, 6.07) is 10.7. The van der Waals surface area contributed by atoms with E-state index < -0.39 is 10.0 Å². The molecule has 1 amide bonds. The van der Waals surface area contributed by atoms with Gasteiger partial charge in [-0.2, -0.15) is 4.31 Å². The van der Waals surface area contributed by atoms with E-state index >= 15 is 0 Å². The van der Waals surface area contributed by atoms with Gasteiger partial charge < -0.3 is 14.5 Å². The van der Waals surface area contributed by atoms with Crippen LogP contribution in [0.4, 0.5) is 11.5 Å². The molecule has 1 saturated heterocycles. The Morgan fingerprint density at radius 1 is 1.09 bits per heavy atom. The molecule has 0 unspecified atom stereocenters. The Morgan fingerprint density at radius 2 is 1.82 bits per heavy atom. The molecule has 1 aliphatic carbocycles. The van der Waals surface area contributed by atoms with Crippen LogP contribution in [0.1, 0.15) is 32.6 Å². The van der Waals surface area contributed by atoms with E-state index in [-0.39, 0.29) is 28.9 Å². The number of nitrogens with zero attached hydrogens (tertiary/aromatic N) is 4. The van der Waals surface area contributed by atoms with E-state index in [0.717, 1.165) is 42.8 Å². The highest BCUT2D eigenvalue weighted by molar-refractivity contribution is 7.89. The largest absolute Gasteiger partial charge is 0.381 e. The lowest BCUT2D eigenvalue weighted by molar-refractivity contribution is -0.119. The number of carbonyl (C=O) groups excluding carboxylic acids is 1. The lowest BCUT2D eigenvalue weighted by atomic mass is 10.0. The fourth-order valence-electron chi connectivity index (χ4n) is 4.82. The molecule has 8 nitrogen and oxygen atoms in total. The van der Waals surface area contributed by atoms with Gasteiger partial charge in [0.15, 0.2) is 5.82 Å². The third kappa shape index (κ3) is 3.92. The van der Waals surface area contributed by atoms with Crippen molar-refractivity contribution >= 4 is 27.4 Å². The Kier molecular flexibility index (Phi) is 5.66. The van der Waals surface area contributed by atoms with E-state index in [9.17, 15) is 13.2 Å². The summed E-state index contributed by atoms with van der Waals surface area (Å²) in [5, 5.41) is 0. The molecule has 1 aromatic carbocycles. The highest BCUT2D eigenvalue weighted by Crippen LogP contribution is 2.39. The lowest BCUT2D eigenvalue weighted by Crippen LogP contribution is -2.56. The number of likely N-dealkylation sites (N-methyl/N-ethyl adjacent to an activating group) is 1. The smallest absolute Gasteiger partial charge is 0.249 e. The molecule has 0 radical (unpaired) electrons. The van der Waals surface area contributed by atoms with Gasteiger partial charge in [0.1, 0.15) is 6.04 Å². The van der Waals surface area contributed by atoms with Crippen LogP contribution in [0, 0.1) is 0 Å². The Morgan fingerprint density at radius 3 is 2.52 bits per heavy atom. The molecule has 3 heterocycles. The Balaban J connectivity index is 1.55. The first-order chi connectivity index (χ1) is 15.8. The van der Waals surface area contributed by atoms with Crippen LogP contribution in [0.25, 0.3) is 11.3 Å². The number of fused-ring (bicyclic) bond motifs is 1. The van der Waals surface area contributed by atoms with Crippen molar-refractivity contribution in [1.29, 1.82) is 0 Å². The Hall–Kier alpha value is -2.49. The SMILES string of the molecule is C[C@@H]1C(=O)N(C)c2ccc(-c3cccc(S(=O)(=O)N(C)C4CC4)c3)nc2N1C1CCOCC1. The highest BCUT2D eigenvalue weighted by atomic mass is 32.2. The van der Waals surface area contributed by atoms with Crippen molar-refractivity contribution < 1.29 is 17.9 Å². The van der Waals surface area contributed by atoms with Crippen molar-refractivity contribution in [1.82, 2.24) is 9.29 Å². The zero-order valence-corrected chi connectivity index (χ0v) is 20.1. The standard InChI is InChI=1S/C24H30N4O4S/c1-16-24(29)26(2)22-10-9-21(25-23(22)28(16)19-11-13-32-14-12-19)17-5-4-6-20(15-17)33(30,31)27(3)18-7-8-18/h4-6,9-10,15-16,18-19H,7-8,11-14H2,1-3H3/t16-/m1/s1. The van der Waals surface area contributed by atoms with Gasteiger partial charge in [0, 0.05) is 45.0 Å². The third-order valence-electron chi connectivity index (χ3n) is 7.02. The van der Waals surface area contributed by atoms with Crippen LogP contribution in [0.15, 0.2) is 41.3 Å². The van der Waals surface area contributed by atoms with Crippen LogP contribution < -0.4 is 9.80 Å². The average molecular weight is 471 g/mol.